The van der Waals surface area contributed by atoms with E-state index in [0.29, 0.717) is 6.42 Å². The Bertz CT molecular complexity index is 1140. The third kappa shape index (κ3) is 4.95. The van der Waals surface area contributed by atoms with E-state index in [2.05, 4.69) is 91.4 Å². The summed E-state index contributed by atoms with van der Waals surface area (Å²) in [5, 5.41) is 2.35. The molecule has 0 saturated heterocycles. The summed E-state index contributed by atoms with van der Waals surface area (Å²) in [7, 11) is 2.12. The predicted octanol–water partition coefficient (Wildman–Crippen LogP) is 6.31. The van der Waals surface area contributed by atoms with Crippen LogP contribution in [-0.4, -0.2) is 29.6 Å². The summed E-state index contributed by atoms with van der Waals surface area (Å²) >= 11 is 0. The fraction of sp³-hybridized carbons (Fsp3) is 0.214. The molecule has 1 heterocycles. The molecule has 4 aromatic rings. The average Bonchev–Trinajstić information content (AvgIpc) is 2.80. The number of hydrogen-bond acceptors (Lipinski definition) is 3. The molecule has 3 nitrogen and oxygen atoms in total. The first-order valence-corrected chi connectivity index (χ1v) is 10.8. The Morgan fingerprint density at radius 2 is 1.58 bits per heavy atom. The quantitative estimate of drug-likeness (QED) is 0.341. The van der Waals surface area contributed by atoms with Gasteiger partial charge in [0.1, 0.15) is 11.9 Å². The molecule has 0 aliphatic carbocycles. The lowest BCUT2D eigenvalue weighted by Crippen LogP contribution is -2.32. The molecule has 0 bridgehead atoms. The van der Waals surface area contributed by atoms with E-state index in [4.69, 9.17) is 4.74 Å². The average molecular weight is 410 g/mol. The zero-order chi connectivity index (χ0) is 21.6. The second kappa shape index (κ2) is 9.76. The summed E-state index contributed by atoms with van der Waals surface area (Å²) in [6.45, 7) is 7.96. The van der Waals surface area contributed by atoms with Gasteiger partial charge in [-0.3, -0.25) is 9.88 Å². The van der Waals surface area contributed by atoms with Crippen molar-refractivity contribution >= 4 is 10.8 Å². The summed E-state index contributed by atoms with van der Waals surface area (Å²) in [6, 6.07) is 25.4. The topological polar surface area (TPSA) is 25.4 Å². The van der Waals surface area contributed by atoms with Crippen LogP contribution in [0.4, 0.5) is 0 Å². The van der Waals surface area contributed by atoms with Crippen molar-refractivity contribution in [2.45, 2.75) is 26.0 Å². The number of ether oxygens (including phenoxy) is 1. The molecule has 1 radical (unpaired) electrons. The molecule has 0 spiro atoms. The number of hydrogen-bond donors (Lipinski definition) is 0. The van der Waals surface area contributed by atoms with Gasteiger partial charge in [0.05, 0.1) is 0 Å². The Morgan fingerprint density at radius 3 is 2.32 bits per heavy atom. The minimum absolute atomic E-state index is 0.0135. The molecule has 0 amide bonds. The van der Waals surface area contributed by atoms with Gasteiger partial charge in [-0.05, 0) is 73.2 Å². The second-order valence-corrected chi connectivity index (χ2v) is 8.05. The molecule has 3 aromatic carbocycles. The van der Waals surface area contributed by atoms with E-state index in [0.717, 1.165) is 24.2 Å². The van der Waals surface area contributed by atoms with Crippen LogP contribution in [0.1, 0.15) is 17.5 Å². The van der Waals surface area contributed by atoms with Gasteiger partial charge in [-0.15, -0.1) is 0 Å². The number of aromatic nitrogens is 1. The second-order valence-electron chi connectivity index (χ2n) is 8.05. The van der Waals surface area contributed by atoms with E-state index in [1.54, 1.807) is 0 Å². The number of aryl methyl sites for hydroxylation is 1. The van der Waals surface area contributed by atoms with E-state index in [9.17, 15) is 0 Å². The Hall–Kier alpha value is -3.17. The highest BCUT2D eigenvalue weighted by molar-refractivity contribution is 6.00. The summed E-state index contributed by atoms with van der Waals surface area (Å²) in [5.41, 5.74) is 5.01. The van der Waals surface area contributed by atoms with Gasteiger partial charge in [-0.2, -0.15) is 0 Å². The molecule has 157 valence electrons. The van der Waals surface area contributed by atoms with Crippen LogP contribution >= 0.6 is 0 Å². The molecule has 1 unspecified atom stereocenters. The smallest absolute Gasteiger partial charge is 0.127 e. The van der Waals surface area contributed by atoms with Crippen molar-refractivity contribution < 1.29 is 4.74 Å². The molecule has 0 saturated carbocycles. The largest absolute Gasteiger partial charge is 0.488 e. The lowest BCUT2D eigenvalue weighted by atomic mass is 9.95. The Labute approximate surface area is 185 Å². The number of fused-ring (bicyclic) bond motifs is 1. The van der Waals surface area contributed by atoms with Gasteiger partial charge in [-0.1, -0.05) is 54.6 Å². The highest BCUT2D eigenvalue weighted by atomic mass is 16.5. The standard InChI is InChI=1S/C28H29N2O/c1-4-23(20-30(3)19-22-15-17-29-18-16-22)31-28-14-13-26(24-10-6-5-9-21(24)2)25-11-7-8-12-27(25)28/h5-18,23H,1,4,19-20H2,2-3H3. The Balaban J connectivity index is 1.58. The van der Waals surface area contributed by atoms with Crippen molar-refractivity contribution in [2.24, 2.45) is 0 Å². The van der Waals surface area contributed by atoms with Gasteiger partial charge >= 0.3 is 0 Å². The van der Waals surface area contributed by atoms with Crippen LogP contribution in [0.5, 0.6) is 5.75 Å². The van der Waals surface area contributed by atoms with E-state index >= 15 is 0 Å². The maximum absolute atomic E-state index is 6.49. The summed E-state index contributed by atoms with van der Waals surface area (Å²) < 4.78 is 6.49. The van der Waals surface area contributed by atoms with Crippen LogP contribution in [0, 0.1) is 13.8 Å². The minimum atomic E-state index is 0.0135. The number of rotatable bonds is 8. The Morgan fingerprint density at radius 1 is 0.871 bits per heavy atom. The van der Waals surface area contributed by atoms with Gasteiger partial charge < -0.3 is 4.74 Å². The lowest BCUT2D eigenvalue weighted by molar-refractivity contribution is 0.147. The van der Waals surface area contributed by atoms with Gasteiger partial charge in [0.2, 0.25) is 0 Å². The van der Waals surface area contributed by atoms with Gasteiger partial charge in [-0.25, -0.2) is 0 Å². The predicted molar refractivity (Wildman–Crippen MR) is 129 cm³/mol. The summed E-state index contributed by atoms with van der Waals surface area (Å²) in [4.78, 5) is 6.37. The van der Waals surface area contributed by atoms with E-state index in [1.165, 1.54) is 27.6 Å². The zero-order valence-electron chi connectivity index (χ0n) is 18.3. The third-order valence-electron chi connectivity index (χ3n) is 5.65. The fourth-order valence-electron chi connectivity index (χ4n) is 4.06. The van der Waals surface area contributed by atoms with Crippen molar-refractivity contribution in [3.05, 3.63) is 103 Å². The first kappa shape index (κ1) is 21.1. The van der Waals surface area contributed by atoms with Crippen LogP contribution in [-0.2, 0) is 6.54 Å². The SMILES string of the molecule is [CH2]CC(CN(C)Cc1ccncc1)Oc1ccc(-c2ccccc2C)c2ccccc12. The van der Waals surface area contributed by atoms with Crippen molar-refractivity contribution in [3.8, 4) is 16.9 Å². The van der Waals surface area contributed by atoms with Crippen molar-refractivity contribution in [2.75, 3.05) is 13.6 Å². The number of likely N-dealkylation sites (N-methyl/N-ethyl adjacent to an activating group) is 1. The van der Waals surface area contributed by atoms with Crippen LogP contribution in [0.3, 0.4) is 0 Å². The fourth-order valence-corrected chi connectivity index (χ4v) is 4.06. The van der Waals surface area contributed by atoms with E-state index < -0.39 is 0 Å². The lowest BCUT2D eigenvalue weighted by Gasteiger charge is -2.25. The van der Waals surface area contributed by atoms with Crippen molar-refractivity contribution in [1.82, 2.24) is 9.88 Å². The molecule has 1 atom stereocenters. The Kier molecular flexibility index (Phi) is 6.63. The monoisotopic (exact) mass is 409 g/mol. The van der Waals surface area contributed by atoms with Gasteiger partial charge in [0, 0.05) is 30.9 Å². The molecule has 3 heteroatoms. The molecule has 4 rings (SSSR count). The van der Waals surface area contributed by atoms with Crippen LogP contribution in [0.25, 0.3) is 21.9 Å². The molecule has 0 aliphatic heterocycles. The zero-order valence-corrected chi connectivity index (χ0v) is 18.3. The van der Waals surface area contributed by atoms with E-state index in [1.807, 2.05) is 24.5 Å². The number of benzene rings is 3. The molecule has 1 aromatic heterocycles. The molecule has 0 aliphatic rings. The highest BCUT2D eigenvalue weighted by Gasteiger charge is 2.15. The molecule has 0 fully saturated rings. The van der Waals surface area contributed by atoms with E-state index in [-0.39, 0.29) is 6.10 Å². The first-order valence-electron chi connectivity index (χ1n) is 10.8. The van der Waals surface area contributed by atoms with Crippen molar-refractivity contribution in [3.63, 3.8) is 0 Å². The van der Waals surface area contributed by atoms with Crippen molar-refractivity contribution in [1.29, 1.82) is 0 Å². The first-order chi connectivity index (χ1) is 15.2. The van der Waals surface area contributed by atoms with Gasteiger partial charge in [0.25, 0.3) is 0 Å². The van der Waals surface area contributed by atoms with Crippen LogP contribution < -0.4 is 4.74 Å². The normalized spacial score (nSPS) is 12.3. The summed E-state index contributed by atoms with van der Waals surface area (Å²) in [6.07, 6.45) is 4.38. The van der Waals surface area contributed by atoms with Crippen LogP contribution in [0.15, 0.2) is 85.2 Å². The maximum atomic E-state index is 6.49. The maximum Gasteiger partial charge on any atom is 0.127 e. The minimum Gasteiger partial charge on any atom is -0.488 e. The van der Waals surface area contributed by atoms with Gasteiger partial charge in [0.15, 0.2) is 0 Å². The number of pyridine rings is 1. The summed E-state index contributed by atoms with van der Waals surface area (Å²) in [5.74, 6) is 0.916. The number of nitrogens with zero attached hydrogens (tertiary/aromatic N) is 2. The highest BCUT2D eigenvalue weighted by Crippen LogP contribution is 2.36. The molecular weight excluding hydrogens is 380 g/mol. The van der Waals surface area contributed by atoms with Crippen LogP contribution in [0.2, 0.25) is 0 Å². The molecular formula is C28H29N2O. The molecule has 0 N–H and O–H groups in total. The third-order valence-corrected chi connectivity index (χ3v) is 5.65. The molecule has 31 heavy (non-hydrogen) atoms.